The highest BCUT2D eigenvalue weighted by Crippen LogP contribution is 2.40. The van der Waals surface area contributed by atoms with Crippen molar-refractivity contribution in [1.82, 2.24) is 4.98 Å². The Balaban J connectivity index is 1.87. The minimum absolute atomic E-state index is 0.0970. The van der Waals surface area contributed by atoms with Gasteiger partial charge in [-0.05, 0) is 65.6 Å². The number of halogens is 4. The van der Waals surface area contributed by atoms with E-state index >= 15 is 0 Å². The second-order valence-corrected chi connectivity index (χ2v) is 6.45. The molecule has 0 saturated heterocycles. The zero-order valence-electron chi connectivity index (χ0n) is 11.0. The molecule has 112 valence electrons. The molecule has 0 radical (unpaired) electrons. The molecule has 0 aliphatic heterocycles. The molecule has 20 heavy (non-hydrogen) atoms. The molecule has 0 bridgehead atoms. The molecular weight excluding hydrogens is 333 g/mol. The first kappa shape index (κ1) is 15.8. The van der Waals surface area contributed by atoms with Gasteiger partial charge in [0.05, 0.1) is 5.92 Å². The summed E-state index contributed by atoms with van der Waals surface area (Å²) in [5.74, 6) is -0.967. The second-order valence-electron chi connectivity index (χ2n) is 5.53. The van der Waals surface area contributed by atoms with Crippen LogP contribution >= 0.6 is 15.9 Å². The Hall–Kier alpha value is -0.620. The first-order valence-corrected chi connectivity index (χ1v) is 7.57. The van der Waals surface area contributed by atoms with Crippen LogP contribution in [0, 0.1) is 11.8 Å². The topological polar surface area (TPSA) is 38.9 Å². The van der Waals surface area contributed by atoms with Gasteiger partial charge in [-0.2, -0.15) is 13.2 Å². The molecule has 1 aliphatic rings. The van der Waals surface area contributed by atoms with E-state index in [1.165, 1.54) is 0 Å². The van der Waals surface area contributed by atoms with Gasteiger partial charge in [0.1, 0.15) is 0 Å². The molecule has 1 aliphatic carbocycles. The van der Waals surface area contributed by atoms with Gasteiger partial charge in [0.2, 0.25) is 0 Å². The maximum Gasteiger partial charge on any atom is 0.391 e. The molecule has 1 heterocycles. The summed E-state index contributed by atoms with van der Waals surface area (Å²) in [6, 6.07) is 1.86. The molecule has 1 atom stereocenters. The Kier molecular flexibility index (Phi) is 5.07. The summed E-state index contributed by atoms with van der Waals surface area (Å²) in [6.07, 6.45) is 1.60. The van der Waals surface area contributed by atoms with E-state index in [2.05, 4.69) is 20.9 Å². The lowest BCUT2D eigenvalue weighted by Gasteiger charge is -2.33. The monoisotopic (exact) mass is 350 g/mol. The van der Waals surface area contributed by atoms with Crippen LogP contribution in [-0.4, -0.2) is 17.2 Å². The predicted molar refractivity (Wildman–Crippen MR) is 75.1 cm³/mol. The van der Waals surface area contributed by atoms with Gasteiger partial charge in [0.15, 0.2) is 0 Å². The van der Waals surface area contributed by atoms with Crippen LogP contribution in [0.5, 0.6) is 0 Å². The number of hydrogen-bond acceptors (Lipinski definition) is 2. The molecule has 1 aromatic rings. The molecule has 2 rings (SSSR count). The molecule has 2 nitrogen and oxygen atoms in total. The minimum Gasteiger partial charge on any atom is -0.327 e. The van der Waals surface area contributed by atoms with Crippen molar-refractivity contribution < 1.29 is 13.2 Å². The van der Waals surface area contributed by atoms with Crippen molar-refractivity contribution in [2.75, 3.05) is 0 Å². The maximum atomic E-state index is 12.6. The molecule has 1 aromatic heterocycles. The van der Waals surface area contributed by atoms with Crippen molar-refractivity contribution in [3.8, 4) is 0 Å². The number of aromatic nitrogens is 1. The SMILES string of the molecule is NC(Cc1cncc(Br)c1)C1CCC(C(F)(F)F)CC1. The highest BCUT2D eigenvalue weighted by Gasteiger charge is 2.42. The molecule has 0 spiro atoms. The van der Waals surface area contributed by atoms with E-state index in [1.54, 1.807) is 12.4 Å². The number of nitrogens with two attached hydrogens (primary N) is 1. The Morgan fingerprint density at radius 2 is 1.90 bits per heavy atom. The largest absolute Gasteiger partial charge is 0.391 e. The minimum atomic E-state index is -4.05. The Morgan fingerprint density at radius 1 is 1.25 bits per heavy atom. The number of hydrogen-bond donors (Lipinski definition) is 1. The lowest BCUT2D eigenvalue weighted by molar-refractivity contribution is -0.184. The fraction of sp³-hybridized carbons (Fsp3) is 0.643. The van der Waals surface area contributed by atoms with E-state index in [9.17, 15) is 13.2 Å². The normalized spacial score (nSPS) is 25.4. The maximum absolute atomic E-state index is 12.6. The third kappa shape index (κ3) is 4.19. The average Bonchev–Trinajstić information content (AvgIpc) is 2.38. The molecule has 0 aromatic carbocycles. The number of rotatable bonds is 3. The lowest BCUT2D eigenvalue weighted by atomic mass is 9.77. The zero-order chi connectivity index (χ0) is 14.8. The summed E-state index contributed by atoms with van der Waals surface area (Å²) in [5, 5.41) is 0. The van der Waals surface area contributed by atoms with E-state index < -0.39 is 12.1 Å². The van der Waals surface area contributed by atoms with Gasteiger partial charge < -0.3 is 5.73 Å². The van der Waals surface area contributed by atoms with E-state index in [0.717, 1.165) is 10.0 Å². The van der Waals surface area contributed by atoms with Crippen LogP contribution in [0.15, 0.2) is 22.9 Å². The van der Waals surface area contributed by atoms with Crippen LogP contribution in [-0.2, 0) is 6.42 Å². The van der Waals surface area contributed by atoms with Gasteiger partial charge in [0.25, 0.3) is 0 Å². The smallest absolute Gasteiger partial charge is 0.327 e. The summed E-state index contributed by atoms with van der Waals surface area (Å²) in [4.78, 5) is 4.08. The standard InChI is InChI=1S/C14H18BrF3N2/c15-12-5-9(7-20-8-12)6-13(19)10-1-3-11(4-2-10)14(16,17)18/h5,7-8,10-11,13H,1-4,6,19H2. The molecule has 0 amide bonds. The van der Waals surface area contributed by atoms with E-state index in [0.29, 0.717) is 19.3 Å². The van der Waals surface area contributed by atoms with Gasteiger partial charge in [-0.25, -0.2) is 0 Å². The highest BCUT2D eigenvalue weighted by molar-refractivity contribution is 9.10. The Labute approximate surface area is 125 Å². The van der Waals surface area contributed by atoms with Crippen LogP contribution in [0.25, 0.3) is 0 Å². The Morgan fingerprint density at radius 3 is 2.45 bits per heavy atom. The summed E-state index contributed by atoms with van der Waals surface area (Å²) in [5.41, 5.74) is 7.18. The quantitative estimate of drug-likeness (QED) is 0.891. The van der Waals surface area contributed by atoms with Crippen LogP contribution in [0.4, 0.5) is 13.2 Å². The third-order valence-corrected chi connectivity index (χ3v) is 4.51. The zero-order valence-corrected chi connectivity index (χ0v) is 12.6. The van der Waals surface area contributed by atoms with Crippen LogP contribution in [0.3, 0.4) is 0 Å². The number of nitrogens with zero attached hydrogens (tertiary/aromatic N) is 1. The van der Waals surface area contributed by atoms with Crippen molar-refractivity contribution in [2.45, 2.75) is 44.3 Å². The lowest BCUT2D eigenvalue weighted by Crippen LogP contribution is -2.37. The third-order valence-electron chi connectivity index (χ3n) is 4.07. The van der Waals surface area contributed by atoms with Crippen molar-refractivity contribution in [3.63, 3.8) is 0 Å². The molecular formula is C14H18BrF3N2. The van der Waals surface area contributed by atoms with E-state index in [4.69, 9.17) is 5.73 Å². The van der Waals surface area contributed by atoms with Crippen LogP contribution in [0.1, 0.15) is 31.2 Å². The molecule has 2 N–H and O–H groups in total. The average molecular weight is 351 g/mol. The summed E-state index contributed by atoms with van der Waals surface area (Å²) < 4.78 is 38.7. The fourth-order valence-corrected chi connectivity index (χ4v) is 3.29. The number of alkyl halides is 3. The number of pyridine rings is 1. The predicted octanol–water partition coefficient (Wildman–Crippen LogP) is 4.08. The fourth-order valence-electron chi connectivity index (χ4n) is 2.88. The van der Waals surface area contributed by atoms with Crippen molar-refractivity contribution in [1.29, 1.82) is 0 Å². The van der Waals surface area contributed by atoms with Gasteiger partial charge in [-0.1, -0.05) is 0 Å². The van der Waals surface area contributed by atoms with E-state index in [-0.39, 0.29) is 24.8 Å². The van der Waals surface area contributed by atoms with Crippen LogP contribution in [0.2, 0.25) is 0 Å². The van der Waals surface area contributed by atoms with Gasteiger partial charge in [0, 0.05) is 22.9 Å². The van der Waals surface area contributed by atoms with E-state index in [1.807, 2.05) is 6.07 Å². The highest BCUT2D eigenvalue weighted by atomic mass is 79.9. The van der Waals surface area contributed by atoms with Crippen LogP contribution < -0.4 is 5.73 Å². The van der Waals surface area contributed by atoms with Crippen molar-refractivity contribution in [3.05, 3.63) is 28.5 Å². The summed E-state index contributed by atoms with van der Waals surface area (Å²) in [6.45, 7) is 0. The van der Waals surface area contributed by atoms with Gasteiger partial charge in [-0.15, -0.1) is 0 Å². The molecule has 1 fully saturated rings. The van der Waals surface area contributed by atoms with Gasteiger partial charge >= 0.3 is 6.18 Å². The summed E-state index contributed by atoms with van der Waals surface area (Å²) in [7, 11) is 0. The Bertz CT molecular complexity index is 442. The van der Waals surface area contributed by atoms with Crippen molar-refractivity contribution in [2.24, 2.45) is 17.6 Å². The van der Waals surface area contributed by atoms with Crippen molar-refractivity contribution >= 4 is 15.9 Å². The molecule has 6 heteroatoms. The van der Waals surface area contributed by atoms with Gasteiger partial charge in [-0.3, -0.25) is 4.98 Å². The molecule has 1 saturated carbocycles. The molecule has 1 unspecified atom stereocenters. The first-order chi connectivity index (χ1) is 9.36. The summed E-state index contributed by atoms with van der Waals surface area (Å²) >= 11 is 3.35. The second kappa shape index (κ2) is 6.43. The first-order valence-electron chi connectivity index (χ1n) is 6.78.